The van der Waals surface area contributed by atoms with E-state index in [0.29, 0.717) is 25.6 Å². The summed E-state index contributed by atoms with van der Waals surface area (Å²) in [5.41, 5.74) is 0.993. The molecule has 8 heteroatoms. The molecule has 0 spiro atoms. The Bertz CT molecular complexity index is 712. The normalized spacial score (nSPS) is 17.3. The van der Waals surface area contributed by atoms with Crippen LogP contribution in [0.25, 0.3) is 0 Å². The second-order valence-corrected chi connectivity index (χ2v) is 9.92. The fourth-order valence-corrected chi connectivity index (χ4v) is 4.82. The fourth-order valence-electron chi connectivity index (χ4n) is 3.12. The Balaban J connectivity index is 2.10. The number of thioether (sulfide) groups is 1. The highest BCUT2D eigenvalue weighted by Gasteiger charge is 2.31. The Morgan fingerprint density at radius 2 is 1.74 bits per heavy atom. The van der Waals surface area contributed by atoms with Crippen LogP contribution in [-0.4, -0.2) is 74.4 Å². The molecule has 1 aromatic rings. The summed E-state index contributed by atoms with van der Waals surface area (Å²) in [6.45, 7) is 9.12. The lowest BCUT2D eigenvalue weighted by atomic mass is 10.2. The first-order valence-electron chi connectivity index (χ1n) is 9.35. The molecule has 1 amide bonds. The molecule has 0 aliphatic carbocycles. The molecule has 152 valence electrons. The summed E-state index contributed by atoms with van der Waals surface area (Å²) in [6.07, 6.45) is 2.44. The van der Waals surface area contributed by atoms with Crippen LogP contribution < -0.4 is 4.72 Å². The lowest BCUT2D eigenvalue weighted by Crippen LogP contribution is -2.56. The van der Waals surface area contributed by atoms with Crippen LogP contribution in [0.5, 0.6) is 0 Å². The lowest BCUT2D eigenvalue weighted by Gasteiger charge is -2.38. The molecule has 1 aliphatic rings. The Hall–Kier alpha value is -1.09. The maximum Gasteiger partial charge on any atom is 0.241 e. The van der Waals surface area contributed by atoms with E-state index in [0.717, 1.165) is 24.4 Å². The highest BCUT2D eigenvalue weighted by atomic mass is 32.2. The van der Waals surface area contributed by atoms with Crippen LogP contribution >= 0.6 is 11.8 Å². The Morgan fingerprint density at radius 1 is 1.15 bits per heavy atom. The van der Waals surface area contributed by atoms with Gasteiger partial charge in [-0.1, -0.05) is 17.7 Å². The van der Waals surface area contributed by atoms with Crippen molar-refractivity contribution in [1.29, 1.82) is 0 Å². The highest BCUT2D eigenvalue weighted by molar-refractivity contribution is 7.98. The van der Waals surface area contributed by atoms with Gasteiger partial charge in [0.25, 0.3) is 0 Å². The third-order valence-corrected chi connectivity index (χ3v) is 7.03. The lowest BCUT2D eigenvalue weighted by molar-refractivity contribution is -0.135. The third kappa shape index (κ3) is 6.20. The van der Waals surface area contributed by atoms with Crippen LogP contribution in [0.2, 0.25) is 0 Å². The summed E-state index contributed by atoms with van der Waals surface area (Å²) >= 11 is 1.61. The molecule has 1 aliphatic heterocycles. The molecule has 27 heavy (non-hydrogen) atoms. The molecule has 1 fully saturated rings. The third-order valence-electron chi connectivity index (χ3n) is 4.89. The number of aryl methyl sites for hydroxylation is 1. The SMILES string of the molecule is CSCCC(NS(=O)(=O)c1ccc(C)cc1)C(=O)N1CCN(C(C)C)CC1. The van der Waals surface area contributed by atoms with Crippen molar-refractivity contribution in [2.75, 3.05) is 38.2 Å². The Kier molecular flexibility index (Phi) is 8.15. The van der Waals surface area contributed by atoms with Gasteiger partial charge in [0, 0.05) is 32.2 Å². The zero-order chi connectivity index (χ0) is 20.0. The van der Waals surface area contributed by atoms with Crippen LogP contribution in [0.4, 0.5) is 0 Å². The minimum atomic E-state index is -3.73. The molecule has 1 unspecified atom stereocenters. The monoisotopic (exact) mass is 413 g/mol. The van der Waals surface area contributed by atoms with Gasteiger partial charge in [-0.2, -0.15) is 16.5 Å². The number of amides is 1. The smallest absolute Gasteiger partial charge is 0.241 e. The van der Waals surface area contributed by atoms with Crippen LogP contribution in [0.15, 0.2) is 29.2 Å². The average Bonchev–Trinajstić information content (AvgIpc) is 2.65. The first kappa shape index (κ1) is 22.2. The zero-order valence-electron chi connectivity index (χ0n) is 16.6. The number of nitrogens with zero attached hydrogens (tertiary/aromatic N) is 2. The van der Waals surface area contributed by atoms with Gasteiger partial charge in [-0.15, -0.1) is 0 Å². The van der Waals surface area contributed by atoms with E-state index < -0.39 is 16.1 Å². The fraction of sp³-hybridized carbons (Fsp3) is 0.632. The van der Waals surface area contributed by atoms with E-state index >= 15 is 0 Å². The number of benzene rings is 1. The number of carbonyl (C=O) groups is 1. The van der Waals surface area contributed by atoms with Crippen molar-refractivity contribution in [3.63, 3.8) is 0 Å². The van der Waals surface area contributed by atoms with Gasteiger partial charge in [0.15, 0.2) is 0 Å². The highest BCUT2D eigenvalue weighted by Crippen LogP contribution is 2.15. The van der Waals surface area contributed by atoms with Gasteiger partial charge >= 0.3 is 0 Å². The predicted octanol–water partition coefficient (Wildman–Crippen LogP) is 1.95. The minimum absolute atomic E-state index is 0.122. The van der Waals surface area contributed by atoms with Crippen LogP contribution in [0, 0.1) is 6.92 Å². The second-order valence-electron chi connectivity index (χ2n) is 7.22. The Labute approximate surface area is 167 Å². The van der Waals surface area contributed by atoms with Crippen molar-refractivity contribution >= 4 is 27.7 Å². The Morgan fingerprint density at radius 3 is 2.26 bits per heavy atom. The molecule has 1 N–H and O–H groups in total. The van der Waals surface area contributed by atoms with Gasteiger partial charge in [-0.3, -0.25) is 9.69 Å². The quantitative estimate of drug-likeness (QED) is 0.705. The molecule has 6 nitrogen and oxygen atoms in total. The van der Waals surface area contributed by atoms with Crippen LogP contribution in [-0.2, 0) is 14.8 Å². The van der Waals surface area contributed by atoms with E-state index in [2.05, 4.69) is 23.5 Å². The molecule has 0 aromatic heterocycles. The maximum absolute atomic E-state index is 13.0. The number of nitrogens with one attached hydrogen (secondary N) is 1. The van der Waals surface area contributed by atoms with E-state index in [-0.39, 0.29) is 10.8 Å². The average molecular weight is 414 g/mol. The molecule has 1 saturated heterocycles. The summed E-state index contributed by atoms with van der Waals surface area (Å²) in [7, 11) is -3.73. The van der Waals surface area contributed by atoms with E-state index in [4.69, 9.17) is 0 Å². The largest absolute Gasteiger partial charge is 0.339 e. The van der Waals surface area contributed by atoms with Crippen molar-refractivity contribution in [3.8, 4) is 0 Å². The van der Waals surface area contributed by atoms with Gasteiger partial charge in [-0.25, -0.2) is 8.42 Å². The number of rotatable bonds is 8. The van der Waals surface area contributed by atoms with Crippen LogP contribution in [0.1, 0.15) is 25.8 Å². The van der Waals surface area contributed by atoms with Crippen LogP contribution in [0.3, 0.4) is 0 Å². The molecule has 1 aromatic carbocycles. The van der Waals surface area contributed by atoms with E-state index in [1.807, 2.05) is 13.2 Å². The van der Waals surface area contributed by atoms with Crippen molar-refractivity contribution in [1.82, 2.24) is 14.5 Å². The maximum atomic E-state index is 13.0. The van der Waals surface area contributed by atoms with Gasteiger partial charge in [0.05, 0.1) is 4.90 Å². The van der Waals surface area contributed by atoms with Crippen molar-refractivity contribution in [2.24, 2.45) is 0 Å². The summed E-state index contributed by atoms with van der Waals surface area (Å²) in [5.74, 6) is 0.599. The van der Waals surface area contributed by atoms with Crippen molar-refractivity contribution in [2.45, 2.75) is 44.2 Å². The van der Waals surface area contributed by atoms with Crippen molar-refractivity contribution < 1.29 is 13.2 Å². The number of hydrogen-bond acceptors (Lipinski definition) is 5. The van der Waals surface area contributed by atoms with Gasteiger partial charge in [0.1, 0.15) is 6.04 Å². The first-order chi connectivity index (χ1) is 12.7. The van der Waals surface area contributed by atoms with Gasteiger partial charge in [-0.05, 0) is 51.3 Å². The molecule has 0 radical (unpaired) electrons. The zero-order valence-corrected chi connectivity index (χ0v) is 18.3. The summed E-state index contributed by atoms with van der Waals surface area (Å²) in [4.78, 5) is 17.3. The molecule has 1 atom stereocenters. The molecule has 0 saturated carbocycles. The number of sulfonamides is 1. The number of piperazine rings is 1. The molecule has 1 heterocycles. The van der Waals surface area contributed by atoms with E-state index in [1.165, 1.54) is 0 Å². The predicted molar refractivity (Wildman–Crippen MR) is 112 cm³/mol. The number of hydrogen-bond donors (Lipinski definition) is 1. The number of carbonyl (C=O) groups excluding carboxylic acids is 1. The molecular weight excluding hydrogens is 382 g/mol. The van der Waals surface area contributed by atoms with E-state index in [1.54, 1.807) is 40.9 Å². The van der Waals surface area contributed by atoms with Gasteiger partial charge < -0.3 is 4.90 Å². The molecular formula is C19H31N3O3S2. The second kappa shape index (κ2) is 9.91. The standard InChI is InChI=1S/C19H31N3O3S2/c1-15(2)21-10-12-22(13-11-21)19(23)18(9-14-26-4)20-27(24,25)17-7-5-16(3)6-8-17/h5-8,15,18,20H,9-14H2,1-4H3. The van der Waals surface area contributed by atoms with E-state index in [9.17, 15) is 13.2 Å². The summed E-state index contributed by atoms with van der Waals surface area (Å²) in [5, 5.41) is 0. The molecule has 0 bridgehead atoms. The topological polar surface area (TPSA) is 69.7 Å². The summed E-state index contributed by atoms with van der Waals surface area (Å²) < 4.78 is 28.1. The van der Waals surface area contributed by atoms with Crippen molar-refractivity contribution in [3.05, 3.63) is 29.8 Å². The summed E-state index contributed by atoms with van der Waals surface area (Å²) in [6, 6.07) is 6.41. The molecule has 2 rings (SSSR count). The first-order valence-corrected chi connectivity index (χ1v) is 12.2. The van der Waals surface area contributed by atoms with Gasteiger partial charge in [0.2, 0.25) is 15.9 Å². The minimum Gasteiger partial charge on any atom is -0.339 e.